The van der Waals surface area contributed by atoms with Crippen molar-refractivity contribution in [1.29, 1.82) is 0 Å². The Morgan fingerprint density at radius 2 is 2.10 bits per heavy atom. The Hall–Kier alpha value is -2.71. The van der Waals surface area contributed by atoms with Crippen LogP contribution in [0.1, 0.15) is 29.8 Å². The van der Waals surface area contributed by atoms with Gasteiger partial charge < -0.3 is 14.4 Å². The van der Waals surface area contributed by atoms with Crippen LogP contribution < -0.4 is 0 Å². The van der Waals surface area contributed by atoms with Gasteiger partial charge in [-0.3, -0.25) is 4.79 Å². The molecule has 0 amide bonds. The molecule has 0 aliphatic heterocycles. The fraction of sp³-hybridized carbons (Fsp3) is 0.348. The monoisotopic (exact) mass is 447 g/mol. The molecule has 1 heterocycles. The first kappa shape index (κ1) is 23.0. The second-order valence-corrected chi connectivity index (χ2v) is 9.82. The fourth-order valence-corrected chi connectivity index (χ4v) is 4.37. The average Bonchev–Trinajstić information content (AvgIpc) is 3.03. The summed E-state index contributed by atoms with van der Waals surface area (Å²) in [5, 5.41) is 8.27. The van der Waals surface area contributed by atoms with E-state index in [0.29, 0.717) is 18.5 Å². The minimum absolute atomic E-state index is 0.0372. The maximum atomic E-state index is 13.9. The Bertz CT molecular complexity index is 1130. The highest BCUT2D eigenvalue weighted by atomic mass is 32.2. The van der Waals surface area contributed by atoms with Gasteiger partial charge in [-0.2, -0.15) is 0 Å². The zero-order chi connectivity index (χ0) is 22.6. The molecule has 1 aliphatic rings. The van der Waals surface area contributed by atoms with Crippen molar-refractivity contribution in [3.63, 3.8) is 0 Å². The number of aliphatic hydroxyl groups is 1. The number of allylic oxidation sites excluding steroid dienone is 3. The third kappa shape index (κ3) is 5.51. The van der Waals surface area contributed by atoms with Crippen LogP contribution in [-0.4, -0.2) is 48.8 Å². The second kappa shape index (κ2) is 9.62. The van der Waals surface area contributed by atoms with E-state index in [0.717, 1.165) is 22.5 Å². The Balaban J connectivity index is 1.99. The van der Waals surface area contributed by atoms with E-state index < -0.39 is 21.1 Å². The molecular weight excluding hydrogens is 421 g/mol. The number of esters is 1. The van der Waals surface area contributed by atoms with E-state index in [-0.39, 0.29) is 25.5 Å². The maximum Gasteiger partial charge on any atom is 0.310 e. The SMILES string of the molecule is Cc1c(CC(=O)OCCCO)cc(C2=CCC(S(C)(=O)=O)C=C2)n1-c1cccc(F)c1. The van der Waals surface area contributed by atoms with E-state index in [2.05, 4.69) is 0 Å². The number of carbonyl (C=O) groups excluding carboxylic acids is 1. The maximum absolute atomic E-state index is 13.9. The number of sulfone groups is 1. The van der Waals surface area contributed by atoms with E-state index in [9.17, 15) is 17.6 Å². The Kier molecular flexibility index (Phi) is 7.12. The molecule has 31 heavy (non-hydrogen) atoms. The van der Waals surface area contributed by atoms with Crippen LogP contribution in [0.5, 0.6) is 0 Å². The standard InChI is InChI=1S/C23H26FNO5S/c1-16-18(14-23(27)30-12-4-11-26)13-22(25(16)20-6-3-5-19(24)15-20)17-7-9-21(10-8-17)31(2,28)29/h3,5-9,13,15,21,26H,4,10-12,14H2,1-2H3. The molecule has 6 nitrogen and oxygen atoms in total. The topological polar surface area (TPSA) is 85.6 Å². The molecule has 1 aromatic carbocycles. The molecule has 1 aromatic heterocycles. The van der Waals surface area contributed by atoms with Crippen molar-refractivity contribution >= 4 is 21.4 Å². The normalized spacial score (nSPS) is 16.3. The molecule has 0 radical (unpaired) electrons. The molecule has 2 aromatic rings. The van der Waals surface area contributed by atoms with Gasteiger partial charge in [-0.25, -0.2) is 12.8 Å². The smallest absolute Gasteiger partial charge is 0.310 e. The van der Waals surface area contributed by atoms with Crippen molar-refractivity contribution in [1.82, 2.24) is 4.57 Å². The summed E-state index contributed by atoms with van der Waals surface area (Å²) >= 11 is 0. The highest BCUT2D eigenvalue weighted by molar-refractivity contribution is 7.91. The molecular formula is C23H26FNO5S. The van der Waals surface area contributed by atoms with Gasteiger partial charge in [0.2, 0.25) is 0 Å². The summed E-state index contributed by atoms with van der Waals surface area (Å²) in [6.45, 7) is 1.94. The molecule has 1 N–H and O–H groups in total. The summed E-state index contributed by atoms with van der Waals surface area (Å²) in [6.07, 6.45) is 7.22. The lowest BCUT2D eigenvalue weighted by Gasteiger charge is -2.17. The van der Waals surface area contributed by atoms with Crippen molar-refractivity contribution in [2.24, 2.45) is 0 Å². The number of rotatable bonds is 8. The molecule has 3 rings (SSSR count). The van der Waals surface area contributed by atoms with Crippen molar-refractivity contribution < 1.29 is 27.4 Å². The van der Waals surface area contributed by atoms with Gasteiger partial charge in [0.05, 0.1) is 24.0 Å². The quantitative estimate of drug-likeness (QED) is 0.496. The van der Waals surface area contributed by atoms with E-state index in [1.807, 2.05) is 23.6 Å². The summed E-state index contributed by atoms with van der Waals surface area (Å²) in [5.74, 6) is -0.795. The van der Waals surface area contributed by atoms with E-state index >= 15 is 0 Å². The predicted octanol–water partition coefficient (Wildman–Crippen LogP) is 3.15. The predicted molar refractivity (Wildman–Crippen MR) is 117 cm³/mol. The van der Waals surface area contributed by atoms with Gasteiger partial charge in [-0.05, 0) is 48.7 Å². The van der Waals surface area contributed by atoms with Gasteiger partial charge in [0.25, 0.3) is 0 Å². The van der Waals surface area contributed by atoms with E-state index in [4.69, 9.17) is 9.84 Å². The number of hydrogen-bond donors (Lipinski definition) is 1. The Labute approximate surface area is 181 Å². The highest BCUT2D eigenvalue weighted by Crippen LogP contribution is 2.31. The number of halogens is 1. The summed E-state index contributed by atoms with van der Waals surface area (Å²) in [4.78, 5) is 12.2. The van der Waals surface area contributed by atoms with Crippen molar-refractivity contribution in [3.8, 4) is 5.69 Å². The van der Waals surface area contributed by atoms with Crippen LogP contribution in [0.2, 0.25) is 0 Å². The molecule has 166 valence electrons. The molecule has 1 unspecified atom stereocenters. The molecule has 0 saturated carbocycles. The van der Waals surface area contributed by atoms with Gasteiger partial charge in [0.1, 0.15) is 5.82 Å². The number of carbonyl (C=O) groups is 1. The van der Waals surface area contributed by atoms with Crippen LogP contribution in [0.15, 0.2) is 48.6 Å². The van der Waals surface area contributed by atoms with Gasteiger partial charge in [0, 0.05) is 30.7 Å². The minimum atomic E-state index is -3.20. The molecule has 0 fully saturated rings. The lowest BCUT2D eigenvalue weighted by molar-refractivity contribution is -0.143. The van der Waals surface area contributed by atoms with Crippen LogP contribution >= 0.6 is 0 Å². The number of aromatic nitrogens is 1. The third-order valence-corrected chi connectivity index (χ3v) is 6.67. The molecule has 0 spiro atoms. The van der Waals surface area contributed by atoms with E-state index in [1.165, 1.54) is 18.4 Å². The zero-order valence-corrected chi connectivity index (χ0v) is 18.4. The third-order valence-electron chi connectivity index (χ3n) is 5.22. The van der Waals surface area contributed by atoms with Crippen LogP contribution in [0.4, 0.5) is 4.39 Å². The number of aliphatic hydroxyl groups excluding tert-OH is 1. The van der Waals surface area contributed by atoms with Crippen molar-refractivity contribution in [2.45, 2.75) is 31.4 Å². The number of ether oxygens (including phenoxy) is 1. The number of nitrogens with zero attached hydrogens (tertiary/aromatic N) is 1. The molecule has 1 aliphatic carbocycles. The Morgan fingerprint density at radius 1 is 1.32 bits per heavy atom. The van der Waals surface area contributed by atoms with Gasteiger partial charge in [0.15, 0.2) is 9.84 Å². The first-order valence-corrected chi connectivity index (χ1v) is 12.0. The van der Waals surface area contributed by atoms with Gasteiger partial charge in [-0.15, -0.1) is 0 Å². The summed E-state index contributed by atoms with van der Waals surface area (Å²) < 4.78 is 44.6. The van der Waals surface area contributed by atoms with Crippen molar-refractivity contribution in [3.05, 3.63) is 71.3 Å². The molecule has 0 saturated heterocycles. The second-order valence-electron chi connectivity index (χ2n) is 7.55. The van der Waals surface area contributed by atoms with Crippen LogP contribution in [0, 0.1) is 12.7 Å². The van der Waals surface area contributed by atoms with Crippen LogP contribution in [0.25, 0.3) is 11.3 Å². The molecule has 1 atom stereocenters. The van der Waals surface area contributed by atoms with Gasteiger partial charge in [-0.1, -0.05) is 24.3 Å². The summed E-state index contributed by atoms with van der Waals surface area (Å²) in [7, 11) is -3.20. The van der Waals surface area contributed by atoms with Crippen LogP contribution in [-0.2, 0) is 25.8 Å². The van der Waals surface area contributed by atoms with Crippen LogP contribution in [0.3, 0.4) is 0 Å². The van der Waals surface area contributed by atoms with Gasteiger partial charge >= 0.3 is 5.97 Å². The largest absolute Gasteiger partial charge is 0.465 e. The minimum Gasteiger partial charge on any atom is -0.465 e. The zero-order valence-electron chi connectivity index (χ0n) is 17.5. The fourth-order valence-electron chi connectivity index (χ4n) is 3.56. The lowest BCUT2D eigenvalue weighted by atomic mass is 10.0. The van der Waals surface area contributed by atoms with E-state index in [1.54, 1.807) is 24.3 Å². The Morgan fingerprint density at radius 3 is 2.71 bits per heavy atom. The summed E-state index contributed by atoms with van der Waals surface area (Å²) in [5.41, 5.74) is 3.63. The lowest BCUT2D eigenvalue weighted by Crippen LogP contribution is -2.18. The first-order chi connectivity index (χ1) is 14.7. The molecule has 0 bridgehead atoms. The first-order valence-electron chi connectivity index (χ1n) is 10.0. The molecule has 8 heteroatoms. The number of benzene rings is 1. The van der Waals surface area contributed by atoms with Crippen molar-refractivity contribution in [2.75, 3.05) is 19.5 Å². The average molecular weight is 448 g/mol. The number of hydrogen-bond acceptors (Lipinski definition) is 5. The highest BCUT2D eigenvalue weighted by Gasteiger charge is 2.23. The summed E-state index contributed by atoms with van der Waals surface area (Å²) in [6, 6.07) is 8.01.